The van der Waals surface area contributed by atoms with Gasteiger partial charge in [0.2, 0.25) is 0 Å². The minimum absolute atomic E-state index is 0.0655. The van der Waals surface area contributed by atoms with Crippen LogP contribution in [0.5, 0.6) is 6.01 Å². The quantitative estimate of drug-likeness (QED) is 0.327. The number of aryl methyl sites for hydroxylation is 1. The molecular weight excluding hydrogens is 538 g/mol. The average molecular weight is 563 g/mol. The zero-order valence-corrected chi connectivity index (χ0v) is 20.8. The summed E-state index contributed by atoms with van der Waals surface area (Å²) < 4.78 is 92.3. The second kappa shape index (κ2) is 9.59. The highest BCUT2D eigenvalue weighted by Gasteiger charge is 2.78. The van der Waals surface area contributed by atoms with E-state index >= 15 is 0 Å². The SMILES string of the molecule is COc1ncc(C(CC(=O)O)C2(C(F)(F)F)CC2)c[n+]1C1CC1(C(CC(=O)O)c1cnc(C)nc1)C(F)(F)F. The minimum atomic E-state index is -4.96. The number of carboxylic acid groups (broad SMARTS) is 2. The van der Waals surface area contributed by atoms with E-state index in [1.54, 1.807) is 0 Å². The van der Waals surface area contributed by atoms with Crippen LogP contribution in [0.4, 0.5) is 26.3 Å². The van der Waals surface area contributed by atoms with Crippen LogP contribution in [0.25, 0.3) is 0 Å². The third kappa shape index (κ3) is 4.98. The van der Waals surface area contributed by atoms with E-state index < -0.39 is 72.3 Å². The van der Waals surface area contributed by atoms with E-state index in [1.165, 1.54) is 6.92 Å². The fourth-order valence-corrected chi connectivity index (χ4v) is 5.62. The number of alkyl halides is 6. The first-order valence-corrected chi connectivity index (χ1v) is 11.9. The normalized spacial score (nSPS) is 23.5. The van der Waals surface area contributed by atoms with Gasteiger partial charge in [0.05, 0.1) is 25.4 Å². The van der Waals surface area contributed by atoms with E-state index in [9.17, 15) is 46.1 Å². The van der Waals surface area contributed by atoms with Crippen molar-refractivity contribution in [3.8, 4) is 6.01 Å². The molecule has 2 aromatic rings. The lowest BCUT2D eigenvalue weighted by Gasteiger charge is -2.29. The summed E-state index contributed by atoms with van der Waals surface area (Å²) in [5.41, 5.74) is -5.27. The van der Waals surface area contributed by atoms with E-state index in [1.807, 2.05) is 0 Å². The summed E-state index contributed by atoms with van der Waals surface area (Å²) >= 11 is 0. The summed E-state index contributed by atoms with van der Waals surface area (Å²) in [6.45, 7) is 1.51. The highest BCUT2D eigenvalue weighted by Crippen LogP contribution is 2.71. The highest BCUT2D eigenvalue weighted by molar-refractivity contribution is 5.69. The second-order valence-corrected chi connectivity index (χ2v) is 10.1. The number of halogens is 6. The van der Waals surface area contributed by atoms with Gasteiger partial charge in [-0.05, 0) is 30.3 Å². The molecule has 0 bridgehead atoms. The zero-order chi connectivity index (χ0) is 29.0. The van der Waals surface area contributed by atoms with Crippen molar-refractivity contribution in [3.63, 3.8) is 0 Å². The molecule has 212 valence electrons. The zero-order valence-electron chi connectivity index (χ0n) is 20.8. The van der Waals surface area contributed by atoms with E-state index in [-0.39, 0.29) is 35.8 Å². The standard InChI is InChI=1S/C24H24F6N4O5/c1-12-31-8-13(9-32-12)16(6-19(37)38)22(24(28,29)30)7-17(22)34-11-14(10-33-20(34)39-2)15(5-18(35)36)21(3-4-21)23(25,26)27/h8-11,15-17H,3-7H2,1-2H3,(H-,35,36,37,38)/p+1. The van der Waals surface area contributed by atoms with Crippen molar-refractivity contribution >= 4 is 11.9 Å². The number of carbonyl (C=O) groups is 2. The summed E-state index contributed by atoms with van der Waals surface area (Å²) in [4.78, 5) is 34.9. The molecule has 0 saturated heterocycles. The average Bonchev–Trinajstić information content (AvgIpc) is 3.74. The number of rotatable bonds is 10. The third-order valence-electron chi connectivity index (χ3n) is 7.85. The molecule has 0 radical (unpaired) electrons. The topological polar surface area (TPSA) is 126 Å². The maximum atomic E-state index is 14.8. The van der Waals surface area contributed by atoms with Crippen molar-refractivity contribution in [1.82, 2.24) is 15.0 Å². The fraction of sp³-hybridized carbons (Fsp3) is 0.583. The molecule has 2 fully saturated rings. The lowest BCUT2D eigenvalue weighted by Crippen LogP contribution is -2.45. The second-order valence-electron chi connectivity index (χ2n) is 10.1. The molecule has 0 aliphatic heterocycles. The first-order chi connectivity index (χ1) is 18.1. The van der Waals surface area contributed by atoms with Gasteiger partial charge in [0, 0.05) is 36.2 Å². The molecular formula is C24H25F6N4O5+. The summed E-state index contributed by atoms with van der Waals surface area (Å²) in [6, 6.07) is -1.85. The number of hydrogen-bond acceptors (Lipinski definition) is 6. The van der Waals surface area contributed by atoms with E-state index in [2.05, 4.69) is 15.0 Å². The van der Waals surface area contributed by atoms with Gasteiger partial charge in [-0.1, -0.05) is 0 Å². The Bertz CT molecular complexity index is 1270. The third-order valence-corrected chi connectivity index (χ3v) is 7.85. The maximum absolute atomic E-state index is 14.8. The minimum Gasteiger partial charge on any atom is -0.481 e. The van der Waals surface area contributed by atoms with Crippen LogP contribution in [0.15, 0.2) is 24.8 Å². The molecule has 2 heterocycles. The predicted molar refractivity (Wildman–Crippen MR) is 118 cm³/mol. The first-order valence-electron chi connectivity index (χ1n) is 11.9. The summed E-state index contributed by atoms with van der Waals surface area (Å²) in [5, 5.41) is 18.8. The lowest BCUT2D eigenvalue weighted by atomic mass is 9.80. The Balaban J connectivity index is 1.84. The number of aromatic nitrogens is 4. The van der Waals surface area contributed by atoms with Gasteiger partial charge in [0.1, 0.15) is 23.5 Å². The molecule has 0 spiro atoms. The Labute approximate surface area is 217 Å². The van der Waals surface area contributed by atoms with Gasteiger partial charge in [-0.2, -0.15) is 30.9 Å². The first kappa shape index (κ1) is 28.5. The van der Waals surface area contributed by atoms with Crippen LogP contribution in [0.1, 0.15) is 66.9 Å². The van der Waals surface area contributed by atoms with Crippen LogP contribution in [0, 0.1) is 17.8 Å². The largest absolute Gasteiger partial charge is 0.498 e. The van der Waals surface area contributed by atoms with Gasteiger partial charge < -0.3 is 14.9 Å². The van der Waals surface area contributed by atoms with Crippen molar-refractivity contribution < 1.29 is 55.4 Å². The number of ether oxygens (including phenoxy) is 1. The molecule has 4 unspecified atom stereocenters. The monoisotopic (exact) mass is 563 g/mol. The van der Waals surface area contributed by atoms with Crippen LogP contribution < -0.4 is 9.30 Å². The van der Waals surface area contributed by atoms with Crippen molar-refractivity contribution in [3.05, 3.63) is 41.7 Å². The maximum Gasteiger partial charge on any atom is 0.498 e. The van der Waals surface area contributed by atoms with E-state index in [0.717, 1.165) is 36.5 Å². The number of hydrogen-bond donors (Lipinski definition) is 2. The summed E-state index contributed by atoms with van der Waals surface area (Å²) in [5.74, 6) is -5.98. The number of nitrogens with zero attached hydrogens (tertiary/aromatic N) is 4. The van der Waals surface area contributed by atoms with Gasteiger partial charge in [-0.3, -0.25) is 9.59 Å². The molecule has 0 aromatic carbocycles. The van der Waals surface area contributed by atoms with Gasteiger partial charge >= 0.3 is 30.3 Å². The number of carboxylic acids is 2. The Hall–Kier alpha value is -3.52. The van der Waals surface area contributed by atoms with Gasteiger partial charge in [-0.25, -0.2) is 9.97 Å². The van der Waals surface area contributed by atoms with Crippen molar-refractivity contribution in [2.75, 3.05) is 7.11 Å². The molecule has 15 heteroatoms. The van der Waals surface area contributed by atoms with Crippen LogP contribution in [0.2, 0.25) is 0 Å². The van der Waals surface area contributed by atoms with Crippen LogP contribution in [0.3, 0.4) is 0 Å². The van der Waals surface area contributed by atoms with Crippen molar-refractivity contribution in [1.29, 1.82) is 0 Å². The fourth-order valence-electron chi connectivity index (χ4n) is 5.62. The van der Waals surface area contributed by atoms with Gasteiger partial charge in [0.15, 0.2) is 6.20 Å². The molecule has 2 N–H and O–H groups in total. The van der Waals surface area contributed by atoms with Gasteiger partial charge in [-0.15, -0.1) is 0 Å². The van der Waals surface area contributed by atoms with E-state index in [0.29, 0.717) is 0 Å². The Morgan fingerprint density at radius 2 is 1.51 bits per heavy atom. The molecule has 2 aliphatic carbocycles. The van der Waals surface area contributed by atoms with Crippen molar-refractivity contribution in [2.45, 2.75) is 69.3 Å². The Morgan fingerprint density at radius 1 is 0.974 bits per heavy atom. The highest BCUT2D eigenvalue weighted by atomic mass is 19.4. The summed E-state index contributed by atoms with van der Waals surface area (Å²) in [6.07, 6.45) is -8.57. The Kier molecular flexibility index (Phi) is 7.01. The Morgan fingerprint density at radius 3 is 1.97 bits per heavy atom. The van der Waals surface area contributed by atoms with Gasteiger partial charge in [0.25, 0.3) is 0 Å². The number of methoxy groups -OCH3 is 1. The molecule has 4 atom stereocenters. The smallest absolute Gasteiger partial charge is 0.481 e. The molecule has 2 aliphatic rings. The molecule has 4 rings (SSSR count). The predicted octanol–water partition coefficient (Wildman–Crippen LogP) is 4.13. The molecule has 2 saturated carbocycles. The van der Waals surface area contributed by atoms with Crippen LogP contribution in [-0.2, 0) is 9.59 Å². The molecule has 9 nitrogen and oxygen atoms in total. The molecule has 0 amide bonds. The van der Waals surface area contributed by atoms with E-state index in [4.69, 9.17) is 4.74 Å². The molecule has 39 heavy (non-hydrogen) atoms. The summed E-state index contributed by atoms with van der Waals surface area (Å²) in [7, 11) is 1.12. The lowest BCUT2D eigenvalue weighted by molar-refractivity contribution is -0.717. The number of aliphatic carboxylic acids is 2. The molecule has 2 aromatic heterocycles. The van der Waals surface area contributed by atoms with Crippen LogP contribution in [-0.4, -0.2) is 56.6 Å². The van der Waals surface area contributed by atoms with Crippen molar-refractivity contribution in [2.24, 2.45) is 10.8 Å². The van der Waals surface area contributed by atoms with Crippen LogP contribution >= 0.6 is 0 Å².